The maximum atomic E-state index is 13.1. The van der Waals surface area contributed by atoms with E-state index in [9.17, 15) is 18.0 Å². The molecule has 2 amide bonds. The third-order valence-electron chi connectivity index (χ3n) is 6.26. The predicted molar refractivity (Wildman–Crippen MR) is 130 cm³/mol. The highest BCUT2D eigenvalue weighted by molar-refractivity contribution is 7.89. The minimum absolute atomic E-state index is 0.114. The Morgan fingerprint density at radius 2 is 1.62 bits per heavy atom. The van der Waals surface area contributed by atoms with E-state index in [0.29, 0.717) is 17.3 Å². The first-order chi connectivity index (χ1) is 16.2. The average molecular weight is 483 g/mol. The van der Waals surface area contributed by atoms with Crippen LogP contribution in [0.1, 0.15) is 37.3 Å². The fourth-order valence-electron chi connectivity index (χ4n) is 4.13. The van der Waals surface area contributed by atoms with Gasteiger partial charge in [0.05, 0.1) is 10.6 Å². The molecule has 1 N–H and O–H groups in total. The number of carbonyl (C=O) groups is 2. The first-order valence-electron chi connectivity index (χ1n) is 11.4. The van der Waals surface area contributed by atoms with Gasteiger partial charge in [-0.2, -0.15) is 4.31 Å². The van der Waals surface area contributed by atoms with Crippen LogP contribution in [0, 0.1) is 6.92 Å². The lowest BCUT2D eigenvalue weighted by atomic mass is 10.0. The van der Waals surface area contributed by atoms with E-state index in [2.05, 4.69) is 19.3 Å². The molecule has 2 aromatic rings. The number of sulfonamides is 1. The lowest BCUT2D eigenvalue weighted by Crippen LogP contribution is -2.54. The molecular formula is C25H30N4O4S. The van der Waals surface area contributed by atoms with Gasteiger partial charge < -0.3 is 4.90 Å². The van der Waals surface area contributed by atoms with Crippen LogP contribution in [-0.4, -0.2) is 55.6 Å². The molecule has 4 rings (SSSR count). The number of anilines is 1. The number of hydrogen-bond donors (Lipinski definition) is 1. The topological polar surface area (TPSA) is 90.0 Å². The molecule has 0 unspecified atom stereocenters. The largest absolute Gasteiger partial charge is 0.335 e. The molecule has 0 atom stereocenters. The number of nitrogens with one attached hydrogen (secondary N) is 1. The summed E-state index contributed by atoms with van der Waals surface area (Å²) in [7, 11) is -3.62. The van der Waals surface area contributed by atoms with Crippen LogP contribution in [0.15, 0.2) is 65.2 Å². The Hall–Kier alpha value is -3.17. The van der Waals surface area contributed by atoms with E-state index in [1.54, 1.807) is 23.1 Å². The number of nitrogens with zero attached hydrogens (tertiary/aromatic N) is 3. The van der Waals surface area contributed by atoms with Gasteiger partial charge in [0.15, 0.2) is 0 Å². The van der Waals surface area contributed by atoms with E-state index in [0.717, 1.165) is 11.1 Å². The number of piperazine rings is 1. The summed E-state index contributed by atoms with van der Waals surface area (Å²) in [6.07, 6.45) is 1.71. The lowest BCUT2D eigenvalue weighted by molar-refractivity contribution is -0.129. The molecule has 2 heterocycles. The zero-order valence-corrected chi connectivity index (χ0v) is 20.5. The Balaban J connectivity index is 1.41. The standard InChI is InChI=1S/C25H30N4O4S/c1-18(2)20-8-10-21(11-9-20)34(32,33)28-16-14-27(15-17-28)25(31)22-12-13-24(30)29(26-22)23-7-5-4-6-19(23)3/h4-12,18,26H,13-17H2,1-3H3. The number of hydrazine groups is 1. The smallest absolute Gasteiger partial charge is 0.271 e. The quantitative estimate of drug-likeness (QED) is 0.708. The summed E-state index contributed by atoms with van der Waals surface area (Å²) in [4.78, 5) is 27.5. The molecule has 2 aromatic carbocycles. The summed E-state index contributed by atoms with van der Waals surface area (Å²) in [6, 6.07) is 14.5. The molecule has 0 bridgehead atoms. The highest BCUT2D eigenvalue weighted by atomic mass is 32.2. The second-order valence-electron chi connectivity index (χ2n) is 8.87. The SMILES string of the molecule is Cc1ccccc1N1NC(C(=O)N2CCN(S(=O)(=O)c3ccc(C(C)C)cc3)CC2)=CCC1=O. The number of hydrogen-bond acceptors (Lipinski definition) is 5. The van der Waals surface area contributed by atoms with Crippen LogP contribution in [0.2, 0.25) is 0 Å². The van der Waals surface area contributed by atoms with Crippen molar-refractivity contribution in [1.82, 2.24) is 14.6 Å². The minimum Gasteiger partial charge on any atom is -0.335 e. The fraction of sp³-hybridized carbons (Fsp3) is 0.360. The third kappa shape index (κ3) is 4.71. The minimum atomic E-state index is -3.62. The lowest BCUT2D eigenvalue weighted by Gasteiger charge is -2.36. The number of rotatable bonds is 5. The molecular weight excluding hydrogens is 452 g/mol. The first-order valence-corrected chi connectivity index (χ1v) is 12.9. The molecule has 0 spiro atoms. The van der Waals surface area contributed by atoms with Crippen LogP contribution < -0.4 is 10.4 Å². The van der Waals surface area contributed by atoms with E-state index < -0.39 is 10.0 Å². The Kier molecular flexibility index (Phi) is 6.77. The molecule has 9 heteroatoms. The van der Waals surface area contributed by atoms with Gasteiger partial charge in [-0.15, -0.1) is 0 Å². The normalized spacial score (nSPS) is 17.5. The van der Waals surface area contributed by atoms with Crippen LogP contribution in [0.4, 0.5) is 5.69 Å². The van der Waals surface area contributed by atoms with Crippen molar-refractivity contribution in [2.24, 2.45) is 0 Å². The fourth-order valence-corrected chi connectivity index (χ4v) is 5.55. The maximum Gasteiger partial charge on any atom is 0.271 e. The van der Waals surface area contributed by atoms with Crippen molar-refractivity contribution in [2.45, 2.75) is 38.0 Å². The van der Waals surface area contributed by atoms with Gasteiger partial charge in [-0.3, -0.25) is 15.0 Å². The maximum absolute atomic E-state index is 13.1. The van der Waals surface area contributed by atoms with Crippen molar-refractivity contribution in [2.75, 3.05) is 31.2 Å². The number of aryl methyl sites for hydroxylation is 1. The van der Waals surface area contributed by atoms with Gasteiger partial charge >= 0.3 is 0 Å². The second-order valence-corrected chi connectivity index (χ2v) is 10.8. The van der Waals surface area contributed by atoms with Gasteiger partial charge in [0, 0.05) is 32.6 Å². The Bertz CT molecular complexity index is 1210. The third-order valence-corrected chi connectivity index (χ3v) is 8.17. The summed E-state index contributed by atoms with van der Waals surface area (Å²) < 4.78 is 27.6. The van der Waals surface area contributed by atoms with Gasteiger partial charge in [-0.1, -0.05) is 44.2 Å². The second kappa shape index (κ2) is 9.60. The van der Waals surface area contributed by atoms with E-state index in [1.807, 2.05) is 43.3 Å². The van der Waals surface area contributed by atoms with E-state index in [-0.39, 0.29) is 49.3 Å². The molecule has 8 nitrogen and oxygen atoms in total. The van der Waals surface area contributed by atoms with Crippen LogP contribution in [0.25, 0.3) is 0 Å². The molecule has 34 heavy (non-hydrogen) atoms. The Morgan fingerprint density at radius 3 is 2.24 bits per heavy atom. The van der Waals surface area contributed by atoms with E-state index in [4.69, 9.17) is 0 Å². The van der Waals surface area contributed by atoms with E-state index in [1.165, 1.54) is 9.31 Å². The monoisotopic (exact) mass is 482 g/mol. The molecule has 180 valence electrons. The van der Waals surface area contributed by atoms with Crippen molar-refractivity contribution in [3.8, 4) is 0 Å². The zero-order chi connectivity index (χ0) is 24.5. The van der Waals surface area contributed by atoms with E-state index >= 15 is 0 Å². The van der Waals surface area contributed by atoms with Crippen molar-refractivity contribution < 1.29 is 18.0 Å². The highest BCUT2D eigenvalue weighted by Gasteiger charge is 2.33. The van der Waals surface area contributed by atoms with Crippen LogP contribution in [0.3, 0.4) is 0 Å². The number of benzene rings is 2. The molecule has 0 radical (unpaired) electrons. The zero-order valence-electron chi connectivity index (χ0n) is 19.7. The molecule has 0 saturated carbocycles. The van der Waals surface area contributed by atoms with Crippen molar-refractivity contribution in [1.29, 1.82) is 0 Å². The molecule has 2 aliphatic heterocycles. The van der Waals surface area contributed by atoms with Gasteiger partial charge in [-0.05, 0) is 48.2 Å². The van der Waals surface area contributed by atoms with Gasteiger partial charge in [0.1, 0.15) is 5.70 Å². The Morgan fingerprint density at radius 1 is 0.971 bits per heavy atom. The number of amides is 2. The Labute approximate surface area is 200 Å². The molecule has 2 aliphatic rings. The highest BCUT2D eigenvalue weighted by Crippen LogP contribution is 2.24. The van der Waals surface area contributed by atoms with Crippen LogP contribution in [0.5, 0.6) is 0 Å². The molecule has 0 aromatic heterocycles. The van der Waals surface area contributed by atoms with Crippen LogP contribution >= 0.6 is 0 Å². The first kappa shape index (κ1) is 24.0. The summed E-state index contributed by atoms with van der Waals surface area (Å²) in [5, 5.41) is 1.41. The summed E-state index contributed by atoms with van der Waals surface area (Å²) in [5.74, 6) is -0.0688. The van der Waals surface area contributed by atoms with Crippen LogP contribution in [-0.2, 0) is 19.6 Å². The molecule has 1 fully saturated rings. The van der Waals surface area contributed by atoms with Gasteiger partial charge in [0.2, 0.25) is 15.9 Å². The summed E-state index contributed by atoms with van der Waals surface area (Å²) in [6.45, 7) is 7.01. The van der Waals surface area contributed by atoms with Gasteiger partial charge in [0.25, 0.3) is 5.91 Å². The number of para-hydroxylation sites is 1. The molecule has 0 aliphatic carbocycles. The molecule has 1 saturated heterocycles. The summed E-state index contributed by atoms with van der Waals surface area (Å²) in [5.41, 5.74) is 5.98. The van der Waals surface area contributed by atoms with Crippen molar-refractivity contribution >= 4 is 27.5 Å². The van der Waals surface area contributed by atoms with Crippen molar-refractivity contribution in [3.63, 3.8) is 0 Å². The number of carbonyl (C=O) groups excluding carboxylic acids is 2. The summed E-state index contributed by atoms with van der Waals surface area (Å²) >= 11 is 0. The van der Waals surface area contributed by atoms with Crippen molar-refractivity contribution in [3.05, 3.63) is 71.4 Å². The average Bonchev–Trinajstić information content (AvgIpc) is 2.84. The predicted octanol–water partition coefficient (Wildman–Crippen LogP) is 2.78. The van der Waals surface area contributed by atoms with Gasteiger partial charge in [-0.25, -0.2) is 13.4 Å².